The Balaban J connectivity index is 0.000000845. The second kappa shape index (κ2) is 4.67. The molecule has 0 aromatic carbocycles. The molecule has 2 nitrogen and oxygen atoms in total. The number of piperidine rings is 1. The molecule has 2 aliphatic heterocycles. The lowest BCUT2D eigenvalue weighted by atomic mass is 9.82. The van der Waals surface area contributed by atoms with E-state index in [1.807, 2.05) is 11.8 Å². The average molecular weight is 222 g/mol. The molecule has 0 unspecified atom stereocenters. The molecule has 76 valence electrons. The molecule has 0 amide bonds. The number of carbonyl (C=O) groups is 1. The Kier molecular flexibility index (Phi) is 4.07. The van der Waals surface area contributed by atoms with Gasteiger partial charge in [-0.15, -0.1) is 12.4 Å². The third-order valence-corrected chi connectivity index (χ3v) is 3.91. The maximum absolute atomic E-state index is 11.7. The smallest absolute Gasteiger partial charge is 0.152 e. The zero-order valence-corrected chi connectivity index (χ0v) is 9.31. The van der Waals surface area contributed by atoms with Crippen molar-refractivity contribution in [2.45, 2.75) is 31.2 Å². The quantitative estimate of drug-likeness (QED) is 0.674. The highest BCUT2D eigenvalue weighted by Gasteiger charge is 2.40. The van der Waals surface area contributed by atoms with E-state index in [4.69, 9.17) is 0 Å². The first-order chi connectivity index (χ1) is 5.83. The number of Topliss-reactive ketones (excluding diaryl/α,β-unsaturated/α-hetero) is 1. The fraction of sp³-hybridized carbons (Fsp3) is 0.889. The maximum Gasteiger partial charge on any atom is 0.152 e. The Morgan fingerprint density at radius 1 is 1.31 bits per heavy atom. The molecular weight excluding hydrogens is 206 g/mol. The van der Waals surface area contributed by atoms with Gasteiger partial charge in [0.2, 0.25) is 0 Å². The highest BCUT2D eigenvalue weighted by Crippen LogP contribution is 2.30. The van der Waals surface area contributed by atoms with Crippen molar-refractivity contribution in [2.75, 3.05) is 18.1 Å². The summed E-state index contributed by atoms with van der Waals surface area (Å²) in [5.41, 5.74) is -0.0937. The van der Waals surface area contributed by atoms with Crippen LogP contribution in [0.5, 0.6) is 0 Å². The zero-order valence-electron chi connectivity index (χ0n) is 7.67. The van der Waals surface area contributed by atoms with E-state index in [1.165, 1.54) is 0 Å². The molecule has 1 N–H and O–H groups in total. The fourth-order valence-electron chi connectivity index (χ4n) is 2.09. The van der Waals surface area contributed by atoms with Crippen LogP contribution in [-0.4, -0.2) is 29.4 Å². The first kappa shape index (κ1) is 11.3. The largest absolute Gasteiger partial charge is 0.305 e. The average Bonchev–Trinajstić information content (AvgIpc) is 2.12. The van der Waals surface area contributed by atoms with E-state index in [0.29, 0.717) is 5.78 Å². The van der Waals surface area contributed by atoms with E-state index in [-0.39, 0.29) is 17.9 Å². The molecule has 0 bridgehead atoms. The Hall–Kier alpha value is 0.270. The molecule has 2 heterocycles. The highest BCUT2D eigenvalue weighted by molar-refractivity contribution is 7.99. The van der Waals surface area contributed by atoms with E-state index < -0.39 is 0 Å². The third kappa shape index (κ3) is 2.20. The van der Waals surface area contributed by atoms with Gasteiger partial charge in [0.05, 0.1) is 5.54 Å². The Morgan fingerprint density at radius 2 is 2.00 bits per heavy atom. The van der Waals surface area contributed by atoms with Crippen LogP contribution in [0.1, 0.15) is 25.7 Å². The summed E-state index contributed by atoms with van der Waals surface area (Å²) in [5, 5.41) is 3.42. The molecule has 2 saturated heterocycles. The molecule has 2 rings (SSSR count). The molecule has 1 spiro atoms. The lowest BCUT2D eigenvalue weighted by Gasteiger charge is -2.39. The van der Waals surface area contributed by atoms with Gasteiger partial charge in [-0.2, -0.15) is 11.8 Å². The van der Waals surface area contributed by atoms with Crippen molar-refractivity contribution in [3.8, 4) is 0 Å². The van der Waals surface area contributed by atoms with Crippen molar-refractivity contribution < 1.29 is 4.79 Å². The van der Waals surface area contributed by atoms with Crippen LogP contribution in [-0.2, 0) is 4.79 Å². The number of thioether (sulfide) groups is 1. The summed E-state index contributed by atoms with van der Waals surface area (Å²) in [5.74, 6) is 2.77. The summed E-state index contributed by atoms with van der Waals surface area (Å²) in [7, 11) is 0. The topological polar surface area (TPSA) is 29.1 Å². The lowest BCUT2D eigenvalue weighted by Crippen LogP contribution is -2.57. The molecule has 0 aromatic heterocycles. The minimum atomic E-state index is -0.0937. The van der Waals surface area contributed by atoms with E-state index in [1.54, 1.807) is 0 Å². The number of carbonyl (C=O) groups excluding carboxylic acids is 1. The molecule has 2 fully saturated rings. The van der Waals surface area contributed by atoms with Gasteiger partial charge in [-0.1, -0.05) is 0 Å². The predicted molar refractivity (Wildman–Crippen MR) is 58.8 cm³/mol. The van der Waals surface area contributed by atoms with Crippen LogP contribution in [0.3, 0.4) is 0 Å². The number of hydrogen-bond acceptors (Lipinski definition) is 3. The number of ketones is 1. The summed E-state index contributed by atoms with van der Waals surface area (Å²) < 4.78 is 0. The van der Waals surface area contributed by atoms with E-state index in [2.05, 4.69) is 5.32 Å². The monoisotopic (exact) mass is 221 g/mol. The van der Waals surface area contributed by atoms with Gasteiger partial charge >= 0.3 is 0 Å². The summed E-state index contributed by atoms with van der Waals surface area (Å²) in [6, 6.07) is 0. The minimum Gasteiger partial charge on any atom is -0.305 e. The number of nitrogens with one attached hydrogen (secondary N) is 1. The molecular formula is C9H16ClNOS. The summed E-state index contributed by atoms with van der Waals surface area (Å²) in [6.45, 7) is 1.04. The van der Waals surface area contributed by atoms with Crippen molar-refractivity contribution in [3.05, 3.63) is 0 Å². The minimum absolute atomic E-state index is 0. The molecule has 0 radical (unpaired) electrons. The number of rotatable bonds is 0. The van der Waals surface area contributed by atoms with Crippen molar-refractivity contribution >= 4 is 30.0 Å². The Bertz CT molecular complexity index is 184. The first-order valence-corrected chi connectivity index (χ1v) is 5.85. The molecule has 4 heteroatoms. The van der Waals surface area contributed by atoms with Gasteiger partial charge in [-0.3, -0.25) is 4.79 Å². The maximum atomic E-state index is 11.7. The molecule has 13 heavy (non-hydrogen) atoms. The Morgan fingerprint density at radius 3 is 2.62 bits per heavy atom. The van der Waals surface area contributed by atoms with Crippen molar-refractivity contribution in [3.63, 3.8) is 0 Å². The lowest BCUT2D eigenvalue weighted by molar-refractivity contribution is -0.127. The highest BCUT2D eigenvalue weighted by atomic mass is 35.5. The van der Waals surface area contributed by atoms with E-state index in [0.717, 1.165) is 43.7 Å². The Labute approximate surface area is 89.6 Å². The van der Waals surface area contributed by atoms with Gasteiger partial charge < -0.3 is 5.32 Å². The molecule has 2 aliphatic rings. The first-order valence-electron chi connectivity index (χ1n) is 4.70. The zero-order chi connectivity index (χ0) is 8.44. The third-order valence-electron chi connectivity index (χ3n) is 2.92. The van der Waals surface area contributed by atoms with Gasteiger partial charge in [-0.25, -0.2) is 0 Å². The second-order valence-corrected chi connectivity index (χ2v) is 4.87. The number of halogens is 1. The summed E-state index contributed by atoms with van der Waals surface area (Å²) >= 11 is 1.97. The van der Waals surface area contributed by atoms with Gasteiger partial charge in [-0.05, 0) is 37.3 Å². The molecule has 0 atom stereocenters. The van der Waals surface area contributed by atoms with Crippen LogP contribution in [0.15, 0.2) is 0 Å². The van der Waals surface area contributed by atoms with Crippen LogP contribution in [0.25, 0.3) is 0 Å². The predicted octanol–water partition coefficient (Wildman–Crippen LogP) is 1.63. The van der Waals surface area contributed by atoms with E-state index in [9.17, 15) is 4.79 Å². The fourth-order valence-corrected chi connectivity index (χ4v) is 3.28. The van der Waals surface area contributed by atoms with Crippen molar-refractivity contribution in [1.82, 2.24) is 5.32 Å². The van der Waals surface area contributed by atoms with Gasteiger partial charge in [0.1, 0.15) is 0 Å². The molecule has 0 aliphatic carbocycles. The normalized spacial score (nSPS) is 26.9. The standard InChI is InChI=1S/C9H15NOS.ClH/c11-8-2-1-5-10-9(8)3-6-12-7-4-9;/h10H,1-7H2;1H. The summed E-state index contributed by atoms with van der Waals surface area (Å²) in [6.07, 6.45) is 3.94. The SMILES string of the molecule is Cl.O=C1CCCNC12CCSCC2. The molecule has 0 aromatic rings. The van der Waals surface area contributed by atoms with Crippen LogP contribution in [0, 0.1) is 0 Å². The van der Waals surface area contributed by atoms with Crippen molar-refractivity contribution in [1.29, 1.82) is 0 Å². The molecule has 0 saturated carbocycles. The van der Waals surface area contributed by atoms with Crippen LogP contribution in [0.4, 0.5) is 0 Å². The van der Waals surface area contributed by atoms with E-state index >= 15 is 0 Å². The van der Waals surface area contributed by atoms with Crippen LogP contribution in [0.2, 0.25) is 0 Å². The van der Waals surface area contributed by atoms with Crippen LogP contribution < -0.4 is 5.32 Å². The van der Waals surface area contributed by atoms with Crippen LogP contribution >= 0.6 is 24.2 Å². The van der Waals surface area contributed by atoms with Gasteiger partial charge in [0.25, 0.3) is 0 Å². The second-order valence-electron chi connectivity index (χ2n) is 3.65. The van der Waals surface area contributed by atoms with Gasteiger partial charge in [0, 0.05) is 6.42 Å². The number of hydrogen-bond donors (Lipinski definition) is 1. The summed E-state index contributed by atoms with van der Waals surface area (Å²) in [4.78, 5) is 11.7. The van der Waals surface area contributed by atoms with Gasteiger partial charge in [0.15, 0.2) is 5.78 Å². The van der Waals surface area contributed by atoms with Crippen molar-refractivity contribution in [2.24, 2.45) is 0 Å².